The fraction of sp³-hybridized carbons (Fsp3) is 0.333. The Labute approximate surface area is 118 Å². The van der Waals surface area contributed by atoms with Gasteiger partial charge in [0, 0.05) is 18.0 Å². The van der Waals surface area contributed by atoms with Gasteiger partial charge in [-0.25, -0.2) is 0 Å². The minimum Gasteiger partial charge on any atom is -0.338 e. The summed E-state index contributed by atoms with van der Waals surface area (Å²) in [5.41, 5.74) is 8.72. The number of nitrogens with zero attached hydrogens (tertiary/aromatic N) is 1. The summed E-state index contributed by atoms with van der Waals surface area (Å²) in [7, 11) is 0. The maximum Gasteiger partial charge on any atom is 0.234 e. The molecule has 0 saturated carbocycles. The predicted molar refractivity (Wildman–Crippen MR) is 77.2 cm³/mol. The molecule has 1 amide bonds. The van der Waals surface area contributed by atoms with E-state index in [1.54, 1.807) is 0 Å². The minimum absolute atomic E-state index is 0.115. The van der Waals surface area contributed by atoms with E-state index in [-0.39, 0.29) is 11.9 Å². The van der Waals surface area contributed by atoms with Gasteiger partial charge in [-0.05, 0) is 25.8 Å². The van der Waals surface area contributed by atoms with Crippen LogP contribution < -0.4 is 11.1 Å². The molecule has 5 heteroatoms. The molecular formula is C15H19N3O2. The van der Waals surface area contributed by atoms with Gasteiger partial charge < -0.3 is 10.3 Å². The van der Waals surface area contributed by atoms with Crippen molar-refractivity contribution in [3.63, 3.8) is 0 Å². The number of rotatable bonds is 5. The molecule has 2 aromatic rings. The first-order chi connectivity index (χ1) is 9.58. The van der Waals surface area contributed by atoms with Crippen LogP contribution in [0, 0.1) is 13.8 Å². The van der Waals surface area contributed by atoms with Crippen molar-refractivity contribution < 1.29 is 9.32 Å². The molecule has 106 valence electrons. The summed E-state index contributed by atoms with van der Waals surface area (Å²) in [6.45, 7) is 3.69. The Kier molecular flexibility index (Phi) is 4.53. The number of nitrogens with one attached hydrogen (secondary N) is 1. The molecule has 20 heavy (non-hydrogen) atoms. The fourth-order valence-electron chi connectivity index (χ4n) is 1.87. The van der Waals surface area contributed by atoms with Gasteiger partial charge in [-0.1, -0.05) is 35.5 Å². The lowest BCUT2D eigenvalue weighted by Gasteiger charge is -2.11. The summed E-state index contributed by atoms with van der Waals surface area (Å²) < 4.78 is 5.04. The van der Waals surface area contributed by atoms with Crippen LogP contribution >= 0.6 is 0 Å². The first-order valence-electron chi connectivity index (χ1n) is 6.61. The summed E-state index contributed by atoms with van der Waals surface area (Å²) in [4.78, 5) is 11.9. The van der Waals surface area contributed by atoms with Gasteiger partial charge in [-0.15, -0.1) is 0 Å². The molecule has 0 fully saturated rings. The third-order valence-corrected chi connectivity index (χ3v) is 3.32. The maximum atomic E-state index is 11.9. The van der Waals surface area contributed by atoms with Crippen molar-refractivity contribution in [2.24, 2.45) is 5.73 Å². The number of benzene rings is 1. The number of carbonyl (C=O) groups excluding carboxylic acids is 1. The van der Waals surface area contributed by atoms with Crippen LogP contribution in [0.15, 0.2) is 34.9 Å². The average molecular weight is 273 g/mol. The second kappa shape index (κ2) is 6.34. The van der Waals surface area contributed by atoms with Gasteiger partial charge in [0.1, 0.15) is 0 Å². The van der Waals surface area contributed by atoms with E-state index in [1.807, 2.05) is 44.2 Å². The van der Waals surface area contributed by atoms with Crippen LogP contribution in [-0.2, 0) is 4.79 Å². The number of carbonyl (C=O) groups is 1. The van der Waals surface area contributed by atoms with Crippen LogP contribution in [0.5, 0.6) is 0 Å². The zero-order valence-electron chi connectivity index (χ0n) is 11.7. The van der Waals surface area contributed by atoms with E-state index >= 15 is 0 Å². The Bertz CT molecular complexity index is 578. The highest BCUT2D eigenvalue weighted by molar-refractivity contribution is 5.90. The number of hydrogen-bond acceptors (Lipinski definition) is 4. The third-order valence-electron chi connectivity index (χ3n) is 3.32. The molecule has 1 atom stereocenters. The van der Waals surface area contributed by atoms with Gasteiger partial charge in [-0.2, -0.15) is 0 Å². The predicted octanol–water partition coefficient (Wildman–Crippen LogP) is 2.71. The third kappa shape index (κ3) is 3.45. The first kappa shape index (κ1) is 14.3. The second-order valence-corrected chi connectivity index (χ2v) is 4.83. The number of hydrogen-bond donors (Lipinski definition) is 2. The summed E-state index contributed by atoms with van der Waals surface area (Å²) in [6, 6.07) is 9.61. The average Bonchev–Trinajstić information content (AvgIpc) is 2.78. The maximum absolute atomic E-state index is 11.9. The monoisotopic (exact) mass is 273 g/mol. The summed E-state index contributed by atoms with van der Waals surface area (Å²) in [5.74, 6) is 0.302. The number of nitrogens with two attached hydrogens (primary N) is 1. The molecule has 1 aromatic carbocycles. The minimum atomic E-state index is -0.139. The Morgan fingerprint density at radius 3 is 2.65 bits per heavy atom. The van der Waals surface area contributed by atoms with Gasteiger partial charge in [0.2, 0.25) is 11.8 Å². The van der Waals surface area contributed by atoms with Crippen LogP contribution in [0.3, 0.4) is 0 Å². The van der Waals surface area contributed by atoms with Crippen molar-refractivity contribution >= 4 is 11.8 Å². The lowest BCUT2D eigenvalue weighted by molar-refractivity contribution is -0.116. The largest absolute Gasteiger partial charge is 0.338 e. The van der Waals surface area contributed by atoms with E-state index < -0.39 is 0 Å². The molecule has 2 rings (SSSR count). The van der Waals surface area contributed by atoms with Crippen LogP contribution in [0.25, 0.3) is 0 Å². The highest BCUT2D eigenvalue weighted by atomic mass is 16.5. The summed E-state index contributed by atoms with van der Waals surface area (Å²) in [5, 5.41) is 6.51. The Hall–Kier alpha value is -2.14. The molecule has 3 N–H and O–H groups in total. The molecule has 0 radical (unpaired) electrons. The Balaban J connectivity index is 1.85. The molecule has 0 aliphatic carbocycles. The molecule has 0 spiro atoms. The molecule has 5 nitrogen and oxygen atoms in total. The zero-order valence-corrected chi connectivity index (χ0v) is 11.7. The lowest BCUT2D eigenvalue weighted by Crippen LogP contribution is -2.16. The Morgan fingerprint density at radius 2 is 2.05 bits per heavy atom. The summed E-state index contributed by atoms with van der Waals surface area (Å²) >= 11 is 0. The lowest BCUT2D eigenvalue weighted by atomic mass is 10.0. The number of anilines is 1. The van der Waals surface area contributed by atoms with Gasteiger partial charge in [0.25, 0.3) is 0 Å². The highest BCUT2D eigenvalue weighted by Crippen LogP contribution is 2.19. The van der Waals surface area contributed by atoms with Crippen molar-refractivity contribution in [1.82, 2.24) is 5.16 Å². The highest BCUT2D eigenvalue weighted by Gasteiger charge is 2.13. The normalized spacial score (nSPS) is 12.2. The first-order valence-corrected chi connectivity index (χ1v) is 6.61. The van der Waals surface area contributed by atoms with Crippen LogP contribution in [0.1, 0.15) is 35.7 Å². The number of aromatic nitrogens is 1. The van der Waals surface area contributed by atoms with Crippen molar-refractivity contribution in [3.8, 4) is 0 Å². The van der Waals surface area contributed by atoms with E-state index in [0.717, 1.165) is 16.8 Å². The Morgan fingerprint density at radius 1 is 1.35 bits per heavy atom. The van der Waals surface area contributed by atoms with Crippen LogP contribution in [0.4, 0.5) is 5.88 Å². The van der Waals surface area contributed by atoms with Gasteiger partial charge >= 0.3 is 0 Å². The molecule has 0 saturated heterocycles. The van der Waals surface area contributed by atoms with Crippen LogP contribution in [-0.4, -0.2) is 11.1 Å². The van der Waals surface area contributed by atoms with Gasteiger partial charge in [-0.3, -0.25) is 10.1 Å². The van der Waals surface area contributed by atoms with Crippen molar-refractivity contribution in [2.45, 2.75) is 32.7 Å². The molecule has 1 unspecified atom stereocenters. The van der Waals surface area contributed by atoms with E-state index in [1.165, 1.54) is 0 Å². The van der Waals surface area contributed by atoms with Gasteiger partial charge in [0.15, 0.2) is 0 Å². The fourth-order valence-corrected chi connectivity index (χ4v) is 1.87. The molecular weight excluding hydrogens is 254 g/mol. The van der Waals surface area contributed by atoms with Crippen molar-refractivity contribution in [2.75, 3.05) is 5.32 Å². The van der Waals surface area contributed by atoms with Gasteiger partial charge in [0.05, 0.1) is 5.69 Å². The van der Waals surface area contributed by atoms with E-state index in [2.05, 4.69) is 10.5 Å². The summed E-state index contributed by atoms with van der Waals surface area (Å²) in [6.07, 6.45) is 0.928. The van der Waals surface area contributed by atoms with E-state index in [9.17, 15) is 4.79 Å². The second-order valence-electron chi connectivity index (χ2n) is 4.83. The molecule has 0 aliphatic heterocycles. The quantitative estimate of drug-likeness (QED) is 0.877. The molecule has 0 bridgehead atoms. The molecule has 0 aliphatic rings. The molecule has 1 aromatic heterocycles. The number of amides is 1. The standard InChI is InChI=1S/C15H19N3O2/c1-10-11(2)18-20-15(10)17-14(19)9-8-13(16)12-6-4-3-5-7-12/h3-7,13H,8-9,16H2,1-2H3,(H,17,19). The SMILES string of the molecule is Cc1noc(NC(=O)CCC(N)c2ccccc2)c1C. The van der Waals surface area contributed by atoms with Crippen LogP contribution in [0.2, 0.25) is 0 Å². The number of aryl methyl sites for hydroxylation is 1. The zero-order chi connectivity index (χ0) is 14.5. The smallest absolute Gasteiger partial charge is 0.234 e. The topological polar surface area (TPSA) is 81.2 Å². The van der Waals surface area contributed by atoms with E-state index in [0.29, 0.717) is 18.7 Å². The van der Waals surface area contributed by atoms with Crippen molar-refractivity contribution in [3.05, 3.63) is 47.2 Å². The van der Waals surface area contributed by atoms with Crippen molar-refractivity contribution in [1.29, 1.82) is 0 Å². The molecule has 1 heterocycles. The van der Waals surface area contributed by atoms with E-state index in [4.69, 9.17) is 10.3 Å².